The largest absolute Gasteiger partial charge is 0.478 e. The molecule has 1 aromatic carbocycles. The van der Waals surface area contributed by atoms with Crippen molar-refractivity contribution < 1.29 is 28.5 Å². The summed E-state index contributed by atoms with van der Waals surface area (Å²) in [5.74, 6) is -0.109. The number of hydrogen-bond acceptors (Lipinski definition) is 9. The Morgan fingerprint density at radius 1 is 1.21 bits per heavy atom. The molecule has 2 aliphatic heterocycles. The second-order valence-corrected chi connectivity index (χ2v) is 11.2. The van der Waals surface area contributed by atoms with Crippen molar-refractivity contribution in [3.63, 3.8) is 0 Å². The maximum absolute atomic E-state index is 14.0. The molecule has 3 aromatic heterocycles. The van der Waals surface area contributed by atoms with Gasteiger partial charge in [-0.25, -0.2) is 24.1 Å². The Bertz CT molecular complexity index is 1620. The van der Waals surface area contributed by atoms with Crippen LogP contribution >= 0.6 is 11.6 Å². The highest BCUT2D eigenvalue weighted by molar-refractivity contribution is 6.30. The number of piperidine rings is 1. The Kier molecular flexibility index (Phi) is 8.68. The molecule has 43 heavy (non-hydrogen) atoms. The van der Waals surface area contributed by atoms with E-state index in [9.17, 15) is 14.3 Å². The SMILES string of the molecule is CC[C@@H]1C[C@H](Oc2ccnc(COc3ncc(Cl)cc3F)n2)CCN1Cc1nc2ccc(C(=O)O)cc2n1C[C@@H]1CCO1. The maximum Gasteiger partial charge on any atom is 0.335 e. The van der Waals surface area contributed by atoms with Crippen molar-refractivity contribution in [2.45, 2.75) is 70.6 Å². The van der Waals surface area contributed by atoms with Crippen LogP contribution in [0, 0.1) is 5.82 Å². The molecule has 2 aliphatic rings. The number of aromatic carboxylic acids is 1. The van der Waals surface area contributed by atoms with E-state index in [-0.39, 0.29) is 41.3 Å². The first-order valence-corrected chi connectivity index (χ1v) is 14.7. The van der Waals surface area contributed by atoms with Gasteiger partial charge in [-0.05, 0) is 49.9 Å². The lowest BCUT2D eigenvalue weighted by atomic mass is 9.97. The number of nitrogens with zero attached hydrogens (tertiary/aromatic N) is 6. The smallest absolute Gasteiger partial charge is 0.335 e. The predicted molar refractivity (Wildman–Crippen MR) is 155 cm³/mol. The van der Waals surface area contributed by atoms with Gasteiger partial charge in [0.2, 0.25) is 5.88 Å². The minimum absolute atomic E-state index is 0.0411. The van der Waals surface area contributed by atoms with Crippen LogP contribution in [0.3, 0.4) is 0 Å². The third kappa shape index (κ3) is 6.71. The zero-order valence-electron chi connectivity index (χ0n) is 23.7. The molecule has 0 saturated carbocycles. The molecule has 2 saturated heterocycles. The molecule has 11 nitrogen and oxygen atoms in total. The molecule has 0 unspecified atom stereocenters. The number of rotatable bonds is 11. The Morgan fingerprint density at radius 2 is 2.07 bits per heavy atom. The number of halogens is 2. The van der Waals surface area contributed by atoms with Crippen LogP contribution in [0.1, 0.15) is 54.6 Å². The molecule has 2 fully saturated rings. The number of likely N-dealkylation sites (tertiary alicyclic amines) is 1. The minimum Gasteiger partial charge on any atom is -0.478 e. The molecule has 1 N–H and O–H groups in total. The zero-order valence-corrected chi connectivity index (χ0v) is 24.4. The topological polar surface area (TPSA) is 125 Å². The number of ether oxygens (including phenoxy) is 3. The van der Waals surface area contributed by atoms with Gasteiger partial charge in [-0.3, -0.25) is 4.90 Å². The zero-order chi connectivity index (χ0) is 29.9. The summed E-state index contributed by atoms with van der Waals surface area (Å²) >= 11 is 5.75. The number of carboxylic acid groups (broad SMARTS) is 1. The second-order valence-electron chi connectivity index (χ2n) is 10.8. The average molecular weight is 611 g/mol. The quantitative estimate of drug-likeness (QED) is 0.251. The molecule has 13 heteroatoms. The molecule has 6 rings (SSSR count). The number of carboxylic acids is 1. The predicted octanol–water partition coefficient (Wildman–Crippen LogP) is 4.90. The van der Waals surface area contributed by atoms with Crippen LogP contribution in [0.15, 0.2) is 42.7 Å². The van der Waals surface area contributed by atoms with Gasteiger partial charge in [-0.2, -0.15) is 4.98 Å². The fourth-order valence-corrected chi connectivity index (χ4v) is 5.72. The van der Waals surface area contributed by atoms with E-state index in [1.54, 1.807) is 30.5 Å². The lowest BCUT2D eigenvalue weighted by molar-refractivity contribution is -0.0593. The van der Waals surface area contributed by atoms with E-state index in [1.807, 2.05) is 0 Å². The van der Waals surface area contributed by atoms with Crippen molar-refractivity contribution in [3.05, 3.63) is 70.8 Å². The number of hydrogen-bond donors (Lipinski definition) is 1. The monoisotopic (exact) mass is 610 g/mol. The van der Waals surface area contributed by atoms with Gasteiger partial charge < -0.3 is 23.9 Å². The molecule has 4 aromatic rings. The summed E-state index contributed by atoms with van der Waals surface area (Å²) in [7, 11) is 0. The molecule has 5 heterocycles. The Hall–Kier alpha value is -3.87. The highest BCUT2D eigenvalue weighted by Gasteiger charge is 2.31. The molecule has 0 amide bonds. The molecular formula is C30H32ClFN6O5. The summed E-state index contributed by atoms with van der Waals surface area (Å²) in [6, 6.07) is 8.17. The fourth-order valence-electron chi connectivity index (χ4n) is 5.57. The maximum atomic E-state index is 14.0. The van der Waals surface area contributed by atoms with Gasteiger partial charge in [0.25, 0.3) is 5.88 Å². The normalized spacial score (nSPS) is 20.6. The number of aromatic nitrogens is 5. The van der Waals surface area contributed by atoms with Crippen LogP contribution in [-0.4, -0.2) is 71.9 Å². The highest BCUT2D eigenvalue weighted by Crippen LogP contribution is 2.28. The Morgan fingerprint density at radius 3 is 2.81 bits per heavy atom. The summed E-state index contributed by atoms with van der Waals surface area (Å²) in [6.45, 7) is 4.92. The van der Waals surface area contributed by atoms with E-state index in [4.69, 9.17) is 30.8 Å². The molecule has 0 radical (unpaired) electrons. The van der Waals surface area contributed by atoms with Gasteiger partial charge in [0, 0.05) is 37.7 Å². The first kappa shape index (κ1) is 29.2. The average Bonchev–Trinajstić information content (AvgIpc) is 3.31. The van der Waals surface area contributed by atoms with Crippen LogP contribution < -0.4 is 9.47 Å². The van der Waals surface area contributed by atoms with Crippen LogP contribution in [0.5, 0.6) is 11.8 Å². The molecule has 3 atom stereocenters. The fraction of sp³-hybridized carbons (Fsp3) is 0.433. The van der Waals surface area contributed by atoms with Crippen molar-refractivity contribution in [1.82, 2.24) is 29.4 Å². The number of pyridine rings is 1. The minimum atomic E-state index is -0.958. The summed E-state index contributed by atoms with van der Waals surface area (Å²) in [4.78, 5) is 31.5. The third-order valence-electron chi connectivity index (χ3n) is 7.94. The van der Waals surface area contributed by atoms with Crippen LogP contribution in [0.25, 0.3) is 11.0 Å². The van der Waals surface area contributed by atoms with Crippen LogP contribution in [0.4, 0.5) is 4.39 Å². The van der Waals surface area contributed by atoms with E-state index < -0.39 is 11.8 Å². The van der Waals surface area contributed by atoms with Gasteiger partial charge in [-0.15, -0.1) is 0 Å². The van der Waals surface area contributed by atoms with Gasteiger partial charge in [-0.1, -0.05) is 18.5 Å². The summed E-state index contributed by atoms with van der Waals surface area (Å²) in [6.07, 6.45) is 6.47. The molecule has 226 valence electrons. The molecular weight excluding hydrogens is 579 g/mol. The van der Waals surface area contributed by atoms with Gasteiger partial charge in [0.05, 0.1) is 40.8 Å². The van der Waals surface area contributed by atoms with Gasteiger partial charge >= 0.3 is 5.97 Å². The highest BCUT2D eigenvalue weighted by atomic mass is 35.5. The first-order valence-electron chi connectivity index (χ1n) is 14.4. The van der Waals surface area contributed by atoms with Crippen molar-refractivity contribution in [2.24, 2.45) is 0 Å². The van der Waals surface area contributed by atoms with Crippen molar-refractivity contribution >= 4 is 28.6 Å². The van der Waals surface area contributed by atoms with E-state index in [0.29, 0.717) is 24.8 Å². The van der Waals surface area contributed by atoms with E-state index in [1.165, 1.54) is 6.20 Å². The van der Waals surface area contributed by atoms with E-state index in [0.717, 1.165) is 61.8 Å². The Labute approximate surface area is 252 Å². The summed E-state index contributed by atoms with van der Waals surface area (Å²) in [5, 5.41) is 9.72. The van der Waals surface area contributed by atoms with Crippen molar-refractivity contribution in [3.8, 4) is 11.8 Å². The second kappa shape index (κ2) is 12.8. The number of carbonyl (C=O) groups is 1. The lowest BCUT2D eigenvalue weighted by Gasteiger charge is -2.39. The van der Waals surface area contributed by atoms with E-state index in [2.05, 4.69) is 31.3 Å². The first-order chi connectivity index (χ1) is 20.9. The standard InChI is InChI=1S/C30H32ClFN6O5/c1-2-20-13-21(43-28-5-8-33-26(36-28)17-42-29-23(32)12-19(31)14-34-29)6-9-37(20)16-27-35-24-4-3-18(30(39)40)11-25(24)38(27)15-22-7-10-41-22/h3-5,8,11-12,14,20-22H,2,6-7,9-10,13,15-17H2,1H3,(H,39,40)/t20-,21-,22+/m1/s1. The van der Waals surface area contributed by atoms with Gasteiger partial charge in [0.1, 0.15) is 18.5 Å². The van der Waals surface area contributed by atoms with E-state index >= 15 is 0 Å². The van der Waals surface area contributed by atoms with Crippen LogP contribution in [0.2, 0.25) is 5.02 Å². The summed E-state index contributed by atoms with van der Waals surface area (Å²) < 4.78 is 33.5. The van der Waals surface area contributed by atoms with Gasteiger partial charge in [0.15, 0.2) is 11.6 Å². The number of imidazole rings is 1. The van der Waals surface area contributed by atoms with Crippen molar-refractivity contribution in [1.29, 1.82) is 0 Å². The molecule has 0 aliphatic carbocycles. The number of fused-ring (bicyclic) bond motifs is 1. The lowest BCUT2D eigenvalue weighted by Crippen LogP contribution is -2.45. The molecule has 0 bridgehead atoms. The Balaban J connectivity index is 1.11. The van der Waals surface area contributed by atoms with Crippen molar-refractivity contribution in [2.75, 3.05) is 13.2 Å². The number of benzene rings is 1. The summed E-state index contributed by atoms with van der Waals surface area (Å²) in [5.41, 5.74) is 1.84. The third-order valence-corrected chi connectivity index (χ3v) is 8.15. The molecule has 0 spiro atoms. The van der Waals surface area contributed by atoms with Crippen LogP contribution in [-0.2, 0) is 24.4 Å².